The van der Waals surface area contributed by atoms with Crippen molar-refractivity contribution in [2.75, 3.05) is 32.1 Å². The lowest BCUT2D eigenvalue weighted by atomic mass is 10.2. The summed E-state index contributed by atoms with van der Waals surface area (Å²) in [4.78, 5) is 4.27. The maximum atomic E-state index is 5.72. The summed E-state index contributed by atoms with van der Waals surface area (Å²) in [5, 5.41) is 10.8. The quantitative estimate of drug-likeness (QED) is 0.495. The Morgan fingerprint density at radius 2 is 2.12 bits per heavy atom. The summed E-state index contributed by atoms with van der Waals surface area (Å²) in [6, 6.07) is 5.85. The molecule has 0 amide bonds. The molecule has 0 radical (unpaired) electrons. The second-order valence-electron chi connectivity index (χ2n) is 5.96. The van der Waals surface area contributed by atoms with Gasteiger partial charge in [0.1, 0.15) is 0 Å². The van der Waals surface area contributed by atoms with Gasteiger partial charge in [-0.25, -0.2) is 0 Å². The van der Waals surface area contributed by atoms with Gasteiger partial charge in [0.25, 0.3) is 0 Å². The van der Waals surface area contributed by atoms with Crippen molar-refractivity contribution in [1.82, 2.24) is 15.1 Å². The van der Waals surface area contributed by atoms with Crippen LogP contribution in [0.15, 0.2) is 35.6 Å². The fourth-order valence-electron chi connectivity index (χ4n) is 2.66. The van der Waals surface area contributed by atoms with Crippen LogP contribution >= 0.6 is 0 Å². The summed E-state index contributed by atoms with van der Waals surface area (Å²) in [6.45, 7) is 2.21. The first-order chi connectivity index (χ1) is 12.2. The van der Waals surface area contributed by atoms with E-state index in [1.165, 1.54) is 5.56 Å². The van der Waals surface area contributed by atoms with Gasteiger partial charge in [-0.05, 0) is 30.5 Å². The van der Waals surface area contributed by atoms with Crippen LogP contribution < -0.4 is 20.1 Å². The summed E-state index contributed by atoms with van der Waals surface area (Å²) in [5.41, 5.74) is 2.17. The van der Waals surface area contributed by atoms with Crippen molar-refractivity contribution in [3.63, 3.8) is 0 Å². The Balaban J connectivity index is 1.49. The summed E-state index contributed by atoms with van der Waals surface area (Å²) in [7, 11) is 3.70. The molecule has 0 saturated carbocycles. The maximum Gasteiger partial charge on any atom is 0.195 e. The lowest BCUT2D eigenvalue weighted by Gasteiger charge is -2.14. The van der Waals surface area contributed by atoms with Crippen LogP contribution in [0.2, 0.25) is 0 Å². The number of aryl methyl sites for hydroxylation is 2. The minimum absolute atomic E-state index is 0.678. The highest BCUT2D eigenvalue weighted by atomic mass is 16.5. The number of aliphatic imine (C=N–C) groups is 1. The second-order valence-corrected chi connectivity index (χ2v) is 5.96. The first kappa shape index (κ1) is 17.1. The highest BCUT2D eigenvalue weighted by Crippen LogP contribution is 2.32. The molecule has 1 aliphatic heterocycles. The van der Waals surface area contributed by atoms with Gasteiger partial charge < -0.3 is 20.1 Å². The second kappa shape index (κ2) is 8.41. The first-order valence-corrected chi connectivity index (χ1v) is 8.59. The van der Waals surface area contributed by atoms with E-state index in [0.717, 1.165) is 49.0 Å². The predicted molar refractivity (Wildman–Crippen MR) is 98.6 cm³/mol. The van der Waals surface area contributed by atoms with Crippen LogP contribution in [0.5, 0.6) is 11.5 Å². The Labute approximate surface area is 148 Å². The molecule has 25 heavy (non-hydrogen) atoms. The third-order valence-electron chi connectivity index (χ3n) is 3.93. The molecular weight excluding hydrogens is 318 g/mol. The number of ether oxygens (including phenoxy) is 2. The molecule has 3 rings (SSSR count). The summed E-state index contributed by atoms with van der Waals surface area (Å²) in [6.07, 6.45) is 6.85. The number of guanidine groups is 1. The molecule has 0 fully saturated rings. The predicted octanol–water partition coefficient (Wildman–Crippen LogP) is 2.20. The van der Waals surface area contributed by atoms with Gasteiger partial charge in [-0.1, -0.05) is 0 Å². The van der Waals surface area contributed by atoms with Crippen LogP contribution in [0.4, 0.5) is 5.69 Å². The Morgan fingerprint density at radius 3 is 2.88 bits per heavy atom. The number of anilines is 1. The van der Waals surface area contributed by atoms with Crippen LogP contribution in [0.3, 0.4) is 0 Å². The van der Waals surface area contributed by atoms with E-state index in [4.69, 9.17) is 9.47 Å². The van der Waals surface area contributed by atoms with Crippen molar-refractivity contribution in [2.45, 2.75) is 19.3 Å². The average molecular weight is 343 g/mol. The van der Waals surface area contributed by atoms with E-state index in [1.54, 1.807) is 7.05 Å². The summed E-state index contributed by atoms with van der Waals surface area (Å²) < 4.78 is 13.2. The summed E-state index contributed by atoms with van der Waals surface area (Å²) in [5.74, 6) is 2.30. The van der Waals surface area contributed by atoms with E-state index < -0.39 is 0 Å². The minimum Gasteiger partial charge on any atom is -0.490 e. The molecule has 2 aromatic rings. The fourth-order valence-corrected chi connectivity index (χ4v) is 2.66. The third-order valence-corrected chi connectivity index (χ3v) is 3.93. The molecule has 0 spiro atoms. The van der Waals surface area contributed by atoms with Gasteiger partial charge in [-0.2, -0.15) is 5.10 Å². The highest BCUT2D eigenvalue weighted by Gasteiger charge is 2.11. The van der Waals surface area contributed by atoms with E-state index in [9.17, 15) is 0 Å². The fraction of sp³-hybridized carbons (Fsp3) is 0.444. The number of benzene rings is 1. The molecule has 7 nitrogen and oxygen atoms in total. The molecule has 1 aliphatic rings. The number of nitrogens with one attached hydrogen (secondary N) is 2. The Bertz CT molecular complexity index is 726. The molecule has 0 aliphatic carbocycles. The van der Waals surface area contributed by atoms with E-state index in [1.807, 2.05) is 42.3 Å². The number of hydrogen-bond donors (Lipinski definition) is 2. The molecule has 2 heterocycles. The Kier molecular flexibility index (Phi) is 5.77. The van der Waals surface area contributed by atoms with Gasteiger partial charge in [0.15, 0.2) is 17.5 Å². The van der Waals surface area contributed by atoms with Crippen LogP contribution in [0.1, 0.15) is 18.4 Å². The number of hydrogen-bond acceptors (Lipinski definition) is 4. The van der Waals surface area contributed by atoms with Gasteiger partial charge in [-0.3, -0.25) is 9.67 Å². The number of nitrogens with zero attached hydrogens (tertiary/aromatic N) is 3. The molecule has 1 aromatic heterocycles. The topological polar surface area (TPSA) is 72.7 Å². The van der Waals surface area contributed by atoms with Gasteiger partial charge in [-0.15, -0.1) is 0 Å². The largest absolute Gasteiger partial charge is 0.490 e. The molecule has 0 bridgehead atoms. The van der Waals surface area contributed by atoms with Crippen LogP contribution in [0, 0.1) is 0 Å². The zero-order chi connectivity index (χ0) is 17.5. The molecule has 0 atom stereocenters. The molecule has 0 unspecified atom stereocenters. The third kappa shape index (κ3) is 4.89. The summed E-state index contributed by atoms with van der Waals surface area (Å²) >= 11 is 0. The van der Waals surface area contributed by atoms with Gasteiger partial charge in [0.2, 0.25) is 0 Å². The Hall–Kier alpha value is -2.70. The maximum absolute atomic E-state index is 5.72. The van der Waals surface area contributed by atoms with Crippen LogP contribution in [-0.2, 0) is 13.5 Å². The highest BCUT2D eigenvalue weighted by molar-refractivity contribution is 5.93. The van der Waals surface area contributed by atoms with Gasteiger partial charge >= 0.3 is 0 Å². The smallest absolute Gasteiger partial charge is 0.195 e. The van der Waals surface area contributed by atoms with Gasteiger partial charge in [0, 0.05) is 45.0 Å². The number of fused-ring (bicyclic) bond motifs is 1. The normalized spacial score (nSPS) is 14.1. The van der Waals surface area contributed by atoms with E-state index in [-0.39, 0.29) is 0 Å². The molecule has 2 N–H and O–H groups in total. The van der Waals surface area contributed by atoms with E-state index >= 15 is 0 Å². The van der Waals surface area contributed by atoms with Crippen molar-refractivity contribution < 1.29 is 9.47 Å². The Morgan fingerprint density at radius 1 is 1.28 bits per heavy atom. The van der Waals surface area contributed by atoms with Crippen molar-refractivity contribution in [3.05, 3.63) is 36.2 Å². The molecule has 134 valence electrons. The van der Waals surface area contributed by atoms with E-state index in [2.05, 4.69) is 20.7 Å². The van der Waals surface area contributed by atoms with Crippen LogP contribution in [-0.4, -0.2) is 42.5 Å². The van der Waals surface area contributed by atoms with Crippen molar-refractivity contribution >= 4 is 11.6 Å². The number of aromatic nitrogens is 2. The first-order valence-electron chi connectivity index (χ1n) is 8.59. The minimum atomic E-state index is 0.678. The van der Waals surface area contributed by atoms with Crippen LogP contribution in [0.25, 0.3) is 0 Å². The molecule has 1 aromatic carbocycles. The molecule has 0 saturated heterocycles. The number of rotatable bonds is 5. The standard InChI is InChI=1S/C18H25N5O2/c1-19-18(20-8-3-5-14-12-21-23(2)13-14)22-15-6-7-16-17(11-15)25-10-4-9-24-16/h6-7,11-13H,3-5,8-10H2,1-2H3,(H2,19,20,22). The van der Waals surface area contributed by atoms with E-state index in [0.29, 0.717) is 13.2 Å². The molecule has 7 heteroatoms. The van der Waals surface area contributed by atoms with Gasteiger partial charge in [0.05, 0.1) is 19.4 Å². The monoisotopic (exact) mass is 343 g/mol. The molecular formula is C18H25N5O2. The zero-order valence-corrected chi connectivity index (χ0v) is 14.8. The zero-order valence-electron chi connectivity index (χ0n) is 14.8. The lowest BCUT2D eigenvalue weighted by molar-refractivity contribution is 0.297. The SMILES string of the molecule is CN=C(NCCCc1cnn(C)c1)Nc1ccc2c(c1)OCCCO2. The average Bonchev–Trinajstić information content (AvgIpc) is 2.89. The van der Waals surface area contributed by atoms with Crippen molar-refractivity contribution in [1.29, 1.82) is 0 Å². The lowest BCUT2D eigenvalue weighted by Crippen LogP contribution is -2.31. The van der Waals surface area contributed by atoms with Crippen molar-refractivity contribution in [3.8, 4) is 11.5 Å². The van der Waals surface area contributed by atoms with Crippen molar-refractivity contribution in [2.24, 2.45) is 12.0 Å².